The van der Waals surface area contributed by atoms with Crippen LogP contribution < -0.4 is 0 Å². The number of esters is 1. The molecular formula is C15H18O9. The first-order chi connectivity index (χ1) is 11.3. The molecule has 1 fully saturated rings. The fourth-order valence-electron chi connectivity index (χ4n) is 2.19. The number of aliphatic hydroxyl groups is 4. The minimum Gasteiger partial charge on any atom is -0.504 e. The molecule has 24 heavy (non-hydrogen) atoms. The van der Waals surface area contributed by atoms with E-state index in [0.29, 0.717) is 5.56 Å². The number of carbonyl (C=O) groups excluding carboxylic acids is 1. The first kappa shape index (κ1) is 18.2. The molecule has 132 valence electrons. The van der Waals surface area contributed by atoms with Crippen LogP contribution in [0.3, 0.4) is 0 Å². The Hall–Kier alpha value is -2.17. The van der Waals surface area contributed by atoms with Crippen molar-refractivity contribution in [2.45, 2.75) is 30.7 Å². The van der Waals surface area contributed by atoms with Gasteiger partial charge >= 0.3 is 5.97 Å². The lowest BCUT2D eigenvalue weighted by Crippen LogP contribution is -2.59. The van der Waals surface area contributed by atoms with Crippen molar-refractivity contribution in [3.05, 3.63) is 29.8 Å². The molecule has 5 atom stereocenters. The third-order valence-electron chi connectivity index (χ3n) is 3.50. The van der Waals surface area contributed by atoms with Gasteiger partial charge in [0.1, 0.15) is 18.3 Å². The predicted molar refractivity (Wildman–Crippen MR) is 78.7 cm³/mol. The van der Waals surface area contributed by atoms with Crippen LogP contribution in [0, 0.1) is 0 Å². The zero-order chi connectivity index (χ0) is 17.9. The highest BCUT2D eigenvalue weighted by molar-refractivity contribution is 5.87. The van der Waals surface area contributed by atoms with Crippen LogP contribution in [-0.4, -0.2) is 73.9 Å². The lowest BCUT2D eigenvalue weighted by molar-refractivity contribution is -0.289. The molecule has 0 amide bonds. The minimum absolute atomic E-state index is 0.313. The quantitative estimate of drug-likeness (QED) is 0.217. The Kier molecular flexibility index (Phi) is 5.75. The van der Waals surface area contributed by atoms with Crippen LogP contribution in [-0.2, 0) is 14.3 Å². The lowest BCUT2D eigenvalue weighted by atomic mass is 9.99. The third-order valence-corrected chi connectivity index (χ3v) is 3.50. The minimum atomic E-state index is -1.72. The molecule has 2 rings (SSSR count). The van der Waals surface area contributed by atoms with Crippen LogP contribution in [0.5, 0.6) is 11.5 Å². The van der Waals surface area contributed by atoms with E-state index in [4.69, 9.17) is 14.6 Å². The van der Waals surface area contributed by atoms with Crippen molar-refractivity contribution < 1.29 is 44.9 Å². The molecule has 1 aliphatic rings. The van der Waals surface area contributed by atoms with Crippen molar-refractivity contribution >= 4 is 12.0 Å². The maximum Gasteiger partial charge on any atom is 0.331 e. The monoisotopic (exact) mass is 342 g/mol. The second-order valence-corrected chi connectivity index (χ2v) is 5.21. The van der Waals surface area contributed by atoms with E-state index in [2.05, 4.69) is 0 Å². The van der Waals surface area contributed by atoms with E-state index in [0.717, 1.165) is 6.08 Å². The van der Waals surface area contributed by atoms with E-state index in [1.165, 1.54) is 24.3 Å². The van der Waals surface area contributed by atoms with Crippen LogP contribution in [0.4, 0.5) is 0 Å². The summed E-state index contributed by atoms with van der Waals surface area (Å²) in [6.45, 7) is -0.637. The molecule has 0 aliphatic carbocycles. The van der Waals surface area contributed by atoms with Gasteiger partial charge in [-0.3, -0.25) is 0 Å². The molecular weight excluding hydrogens is 324 g/mol. The zero-order valence-corrected chi connectivity index (χ0v) is 12.4. The summed E-state index contributed by atoms with van der Waals surface area (Å²) >= 11 is 0. The fourth-order valence-corrected chi connectivity index (χ4v) is 2.19. The Balaban J connectivity index is 2.04. The molecule has 9 heteroatoms. The van der Waals surface area contributed by atoms with Gasteiger partial charge < -0.3 is 40.1 Å². The average Bonchev–Trinajstić information content (AvgIpc) is 2.56. The average molecular weight is 342 g/mol. The summed E-state index contributed by atoms with van der Waals surface area (Å²) in [5.41, 5.74) is 0.392. The SMILES string of the molecule is O=C(C=Cc1ccc(O)c(O)c1)O[C@@H]1[C@@H](O)[C@H](O)O[C@H](CO)[C@H]1O. The largest absolute Gasteiger partial charge is 0.504 e. The van der Waals surface area contributed by atoms with Gasteiger partial charge in [-0.2, -0.15) is 0 Å². The highest BCUT2D eigenvalue weighted by atomic mass is 16.7. The van der Waals surface area contributed by atoms with Gasteiger partial charge in [-0.05, 0) is 23.8 Å². The highest BCUT2D eigenvalue weighted by Crippen LogP contribution is 2.26. The molecule has 1 aliphatic heterocycles. The molecule has 0 saturated carbocycles. The molecule has 0 radical (unpaired) electrons. The van der Waals surface area contributed by atoms with Crippen LogP contribution in [0.15, 0.2) is 24.3 Å². The normalized spacial score (nSPS) is 30.4. The molecule has 1 aromatic rings. The molecule has 0 bridgehead atoms. The van der Waals surface area contributed by atoms with Crippen molar-refractivity contribution in [1.29, 1.82) is 0 Å². The number of phenols is 2. The first-order valence-corrected chi connectivity index (χ1v) is 7.04. The number of hydrogen-bond donors (Lipinski definition) is 6. The second kappa shape index (κ2) is 7.60. The van der Waals surface area contributed by atoms with Gasteiger partial charge in [-0.1, -0.05) is 6.07 Å². The van der Waals surface area contributed by atoms with Crippen LogP contribution in [0.2, 0.25) is 0 Å². The van der Waals surface area contributed by atoms with Crippen molar-refractivity contribution in [1.82, 2.24) is 0 Å². The number of phenolic OH excluding ortho intramolecular Hbond substituents is 2. The second-order valence-electron chi connectivity index (χ2n) is 5.21. The van der Waals surface area contributed by atoms with E-state index in [1.54, 1.807) is 0 Å². The number of benzene rings is 1. The van der Waals surface area contributed by atoms with Gasteiger partial charge in [0.15, 0.2) is 23.9 Å². The summed E-state index contributed by atoms with van der Waals surface area (Å²) < 4.78 is 9.68. The third kappa shape index (κ3) is 4.02. The predicted octanol–water partition coefficient (Wildman–Crippen LogP) is -1.55. The van der Waals surface area contributed by atoms with Crippen LogP contribution >= 0.6 is 0 Å². The van der Waals surface area contributed by atoms with E-state index in [-0.39, 0.29) is 11.5 Å². The molecule has 6 N–H and O–H groups in total. The molecule has 9 nitrogen and oxygen atoms in total. The standard InChI is InChI=1S/C15H18O9/c16-6-10-12(20)14(13(21)15(22)23-10)24-11(19)4-2-7-1-3-8(17)9(18)5-7/h1-5,10,12-18,20-22H,6H2/t10-,12-,13-,14+,15-/m1/s1. The van der Waals surface area contributed by atoms with Gasteiger partial charge in [0.25, 0.3) is 0 Å². The van der Waals surface area contributed by atoms with Gasteiger partial charge in [-0.15, -0.1) is 0 Å². The van der Waals surface area contributed by atoms with Crippen molar-refractivity contribution in [2.75, 3.05) is 6.61 Å². The van der Waals surface area contributed by atoms with Gasteiger partial charge in [0.05, 0.1) is 6.61 Å². The topological polar surface area (TPSA) is 157 Å². The highest BCUT2D eigenvalue weighted by Gasteiger charge is 2.45. The number of carbonyl (C=O) groups is 1. The summed E-state index contributed by atoms with van der Waals surface area (Å²) in [5.74, 6) is -1.61. The molecule has 0 spiro atoms. The Morgan fingerprint density at radius 1 is 1.17 bits per heavy atom. The van der Waals surface area contributed by atoms with Gasteiger partial charge in [0.2, 0.25) is 0 Å². The number of hydrogen-bond acceptors (Lipinski definition) is 9. The van der Waals surface area contributed by atoms with E-state index >= 15 is 0 Å². The van der Waals surface area contributed by atoms with E-state index < -0.39 is 43.3 Å². The molecule has 0 unspecified atom stereocenters. The summed E-state index contributed by atoms with van der Waals surface area (Å²) in [5, 5.41) is 56.7. The van der Waals surface area contributed by atoms with Gasteiger partial charge in [-0.25, -0.2) is 4.79 Å². The Bertz CT molecular complexity index is 615. The number of aromatic hydroxyl groups is 2. The molecule has 1 saturated heterocycles. The number of aliphatic hydroxyl groups excluding tert-OH is 4. The maximum absolute atomic E-state index is 11.8. The summed E-state index contributed by atoms with van der Waals surface area (Å²) in [6, 6.07) is 3.87. The first-order valence-electron chi connectivity index (χ1n) is 7.04. The summed E-state index contributed by atoms with van der Waals surface area (Å²) in [7, 11) is 0. The maximum atomic E-state index is 11.8. The van der Waals surface area contributed by atoms with Crippen LogP contribution in [0.25, 0.3) is 6.08 Å². The van der Waals surface area contributed by atoms with E-state index in [1.807, 2.05) is 0 Å². The van der Waals surface area contributed by atoms with E-state index in [9.17, 15) is 30.3 Å². The Morgan fingerprint density at radius 3 is 2.50 bits per heavy atom. The Labute approximate surface area is 136 Å². The smallest absolute Gasteiger partial charge is 0.331 e. The lowest BCUT2D eigenvalue weighted by Gasteiger charge is -2.39. The number of rotatable bonds is 4. The molecule has 1 aromatic carbocycles. The fraction of sp³-hybridized carbons (Fsp3) is 0.400. The molecule has 0 aromatic heterocycles. The Morgan fingerprint density at radius 2 is 1.88 bits per heavy atom. The van der Waals surface area contributed by atoms with Crippen LogP contribution in [0.1, 0.15) is 5.56 Å². The van der Waals surface area contributed by atoms with Crippen molar-refractivity contribution in [3.63, 3.8) is 0 Å². The van der Waals surface area contributed by atoms with Gasteiger partial charge in [0, 0.05) is 6.08 Å². The number of ether oxygens (including phenoxy) is 2. The van der Waals surface area contributed by atoms with Crippen molar-refractivity contribution in [2.24, 2.45) is 0 Å². The molecule has 1 heterocycles. The van der Waals surface area contributed by atoms with Crippen molar-refractivity contribution in [3.8, 4) is 11.5 Å². The summed E-state index contributed by atoms with van der Waals surface area (Å²) in [6.07, 6.45) is -5.38. The summed E-state index contributed by atoms with van der Waals surface area (Å²) in [4.78, 5) is 11.8. The zero-order valence-electron chi connectivity index (χ0n) is 12.4.